The zero-order valence-electron chi connectivity index (χ0n) is 8.22. The van der Waals surface area contributed by atoms with E-state index in [1.54, 1.807) is 0 Å². The van der Waals surface area contributed by atoms with Crippen molar-refractivity contribution in [3.63, 3.8) is 0 Å². The second kappa shape index (κ2) is 3.51. The van der Waals surface area contributed by atoms with Crippen molar-refractivity contribution in [3.05, 3.63) is 34.9 Å². The molecule has 0 fully saturated rings. The maximum absolute atomic E-state index is 5.63. The zero-order valence-corrected chi connectivity index (χ0v) is 8.22. The molecule has 0 aliphatic heterocycles. The van der Waals surface area contributed by atoms with E-state index in [1.807, 2.05) is 0 Å². The van der Waals surface area contributed by atoms with Gasteiger partial charge < -0.3 is 5.73 Å². The van der Waals surface area contributed by atoms with Crippen LogP contribution in [0.1, 0.15) is 42.4 Å². The second-order valence-corrected chi connectivity index (χ2v) is 4.03. The van der Waals surface area contributed by atoms with Crippen LogP contribution in [-0.4, -0.2) is 0 Å². The molecule has 1 atom stereocenters. The van der Waals surface area contributed by atoms with Crippen molar-refractivity contribution in [3.8, 4) is 0 Å². The normalized spacial score (nSPS) is 21.2. The van der Waals surface area contributed by atoms with Gasteiger partial charge in [-0.3, -0.25) is 0 Å². The molecule has 0 amide bonds. The summed E-state index contributed by atoms with van der Waals surface area (Å²) in [5, 5.41) is 0. The largest absolute Gasteiger partial charge is 0.326 e. The van der Waals surface area contributed by atoms with Crippen LogP contribution in [0.4, 0.5) is 0 Å². The fraction of sp³-hybridized carbons (Fsp3) is 0.500. The third kappa shape index (κ3) is 1.61. The molecule has 13 heavy (non-hydrogen) atoms. The summed E-state index contributed by atoms with van der Waals surface area (Å²) in [6.07, 6.45) is 3.93. The van der Waals surface area contributed by atoms with Crippen LogP contribution in [0.3, 0.4) is 0 Å². The van der Waals surface area contributed by atoms with Crippen LogP contribution >= 0.6 is 0 Å². The Bertz CT molecular complexity index is 304. The molecule has 1 aliphatic rings. The molecule has 0 saturated heterocycles. The van der Waals surface area contributed by atoms with Gasteiger partial charge in [0, 0.05) is 6.54 Å². The van der Waals surface area contributed by atoms with Crippen molar-refractivity contribution < 1.29 is 0 Å². The first-order chi connectivity index (χ1) is 6.31. The molecule has 1 aromatic carbocycles. The molecule has 2 N–H and O–H groups in total. The molecule has 70 valence electrons. The van der Waals surface area contributed by atoms with Gasteiger partial charge in [-0.2, -0.15) is 0 Å². The lowest BCUT2D eigenvalue weighted by Crippen LogP contribution is -2.08. The van der Waals surface area contributed by atoms with E-state index in [9.17, 15) is 0 Å². The van der Waals surface area contributed by atoms with Crippen LogP contribution < -0.4 is 5.73 Å². The third-order valence-corrected chi connectivity index (χ3v) is 3.06. The van der Waals surface area contributed by atoms with E-state index in [4.69, 9.17) is 5.73 Å². The molecule has 0 heterocycles. The van der Waals surface area contributed by atoms with Crippen LogP contribution in [0.2, 0.25) is 0 Å². The van der Waals surface area contributed by atoms with Gasteiger partial charge in [-0.15, -0.1) is 0 Å². The van der Waals surface area contributed by atoms with E-state index in [-0.39, 0.29) is 0 Å². The number of benzene rings is 1. The third-order valence-electron chi connectivity index (χ3n) is 3.06. The lowest BCUT2D eigenvalue weighted by Gasteiger charge is -2.22. The maximum atomic E-state index is 5.63. The monoisotopic (exact) mass is 175 g/mol. The number of rotatable bonds is 1. The Morgan fingerprint density at radius 2 is 2.31 bits per heavy atom. The summed E-state index contributed by atoms with van der Waals surface area (Å²) in [6.45, 7) is 2.98. The first kappa shape index (κ1) is 8.76. The maximum Gasteiger partial charge on any atom is 0.0178 e. The lowest BCUT2D eigenvalue weighted by atomic mass is 9.83. The molecule has 1 unspecified atom stereocenters. The standard InChI is InChI=1S/C12H17N/c1-9-3-2-4-11-6-5-10(8-13)7-12(9)11/h5-7,9H,2-4,8,13H2,1H3. The quantitative estimate of drug-likeness (QED) is 0.697. The van der Waals surface area contributed by atoms with Crippen LogP contribution in [-0.2, 0) is 13.0 Å². The highest BCUT2D eigenvalue weighted by molar-refractivity contribution is 5.36. The summed E-state index contributed by atoms with van der Waals surface area (Å²) in [5.74, 6) is 0.732. The number of hydrogen-bond acceptors (Lipinski definition) is 1. The van der Waals surface area contributed by atoms with Gasteiger partial charge >= 0.3 is 0 Å². The predicted octanol–water partition coefficient (Wildman–Crippen LogP) is 2.59. The summed E-state index contributed by atoms with van der Waals surface area (Å²) >= 11 is 0. The molecule has 0 saturated carbocycles. The van der Waals surface area contributed by atoms with Crippen molar-refractivity contribution in [2.24, 2.45) is 5.73 Å². The average molecular weight is 175 g/mol. The molecule has 1 aromatic rings. The van der Waals surface area contributed by atoms with Gasteiger partial charge in [-0.1, -0.05) is 25.1 Å². The summed E-state index contributed by atoms with van der Waals surface area (Å²) < 4.78 is 0. The highest BCUT2D eigenvalue weighted by Crippen LogP contribution is 2.31. The average Bonchev–Trinajstić information content (AvgIpc) is 2.18. The van der Waals surface area contributed by atoms with Crippen molar-refractivity contribution in [2.75, 3.05) is 0 Å². The first-order valence-electron chi connectivity index (χ1n) is 5.13. The van der Waals surface area contributed by atoms with E-state index in [0.717, 1.165) is 5.92 Å². The van der Waals surface area contributed by atoms with Crippen LogP contribution in [0, 0.1) is 0 Å². The van der Waals surface area contributed by atoms with Gasteiger partial charge in [-0.05, 0) is 41.9 Å². The lowest BCUT2D eigenvalue weighted by molar-refractivity contribution is 0.589. The Morgan fingerprint density at radius 3 is 3.08 bits per heavy atom. The van der Waals surface area contributed by atoms with Crippen molar-refractivity contribution in [2.45, 2.75) is 38.6 Å². The molecule has 0 radical (unpaired) electrons. The highest BCUT2D eigenvalue weighted by atomic mass is 14.5. The summed E-state index contributed by atoms with van der Waals surface area (Å²) in [5.41, 5.74) is 9.97. The van der Waals surface area contributed by atoms with Gasteiger partial charge in [0.05, 0.1) is 0 Å². The van der Waals surface area contributed by atoms with Crippen LogP contribution in [0.25, 0.3) is 0 Å². The molecule has 1 nitrogen and oxygen atoms in total. The minimum Gasteiger partial charge on any atom is -0.326 e. The Balaban J connectivity index is 2.41. The highest BCUT2D eigenvalue weighted by Gasteiger charge is 2.15. The Hall–Kier alpha value is -0.820. The molecule has 2 rings (SSSR count). The van der Waals surface area contributed by atoms with Gasteiger partial charge in [0.15, 0.2) is 0 Å². The van der Waals surface area contributed by atoms with Gasteiger partial charge in [-0.25, -0.2) is 0 Å². The minimum atomic E-state index is 0.667. The summed E-state index contributed by atoms with van der Waals surface area (Å²) in [6, 6.07) is 6.71. The molecule has 0 spiro atoms. The fourth-order valence-electron chi connectivity index (χ4n) is 2.21. The van der Waals surface area contributed by atoms with E-state index in [2.05, 4.69) is 25.1 Å². The Kier molecular flexibility index (Phi) is 2.36. The number of nitrogens with two attached hydrogens (primary N) is 1. The van der Waals surface area contributed by atoms with Gasteiger partial charge in [0.25, 0.3) is 0 Å². The predicted molar refractivity (Wildman–Crippen MR) is 55.7 cm³/mol. The summed E-state index contributed by atoms with van der Waals surface area (Å²) in [4.78, 5) is 0. The van der Waals surface area contributed by atoms with Gasteiger partial charge in [0.1, 0.15) is 0 Å². The topological polar surface area (TPSA) is 26.0 Å². The van der Waals surface area contributed by atoms with E-state index in [0.29, 0.717) is 6.54 Å². The molecule has 1 aliphatic carbocycles. The molecule has 0 aromatic heterocycles. The van der Waals surface area contributed by atoms with Crippen molar-refractivity contribution in [1.82, 2.24) is 0 Å². The molecular formula is C12H17N. The zero-order chi connectivity index (χ0) is 9.26. The van der Waals surface area contributed by atoms with Crippen molar-refractivity contribution >= 4 is 0 Å². The molecule has 1 heteroatoms. The number of aryl methyl sites for hydroxylation is 1. The Morgan fingerprint density at radius 1 is 1.46 bits per heavy atom. The second-order valence-electron chi connectivity index (χ2n) is 4.03. The smallest absolute Gasteiger partial charge is 0.0178 e. The minimum absolute atomic E-state index is 0.667. The number of hydrogen-bond donors (Lipinski definition) is 1. The SMILES string of the molecule is CC1CCCc2ccc(CN)cc21. The molecule has 0 bridgehead atoms. The summed E-state index contributed by atoms with van der Waals surface area (Å²) in [7, 11) is 0. The van der Waals surface area contributed by atoms with E-state index in [1.165, 1.54) is 36.0 Å². The van der Waals surface area contributed by atoms with E-state index < -0.39 is 0 Å². The number of fused-ring (bicyclic) bond motifs is 1. The van der Waals surface area contributed by atoms with Crippen LogP contribution in [0.5, 0.6) is 0 Å². The van der Waals surface area contributed by atoms with Crippen LogP contribution in [0.15, 0.2) is 18.2 Å². The van der Waals surface area contributed by atoms with E-state index >= 15 is 0 Å². The molecular weight excluding hydrogens is 158 g/mol. The fourth-order valence-corrected chi connectivity index (χ4v) is 2.21. The first-order valence-corrected chi connectivity index (χ1v) is 5.13. The van der Waals surface area contributed by atoms with Crippen molar-refractivity contribution in [1.29, 1.82) is 0 Å². The van der Waals surface area contributed by atoms with Gasteiger partial charge in [0.2, 0.25) is 0 Å². The Labute approximate surface area is 80.0 Å².